The number of nitrogens with one attached hydrogen (secondary N) is 1. The van der Waals surface area contributed by atoms with Gasteiger partial charge in [-0.1, -0.05) is 42.5 Å². The van der Waals surface area contributed by atoms with Crippen LogP contribution in [0, 0.1) is 5.92 Å². The van der Waals surface area contributed by atoms with E-state index in [1.807, 2.05) is 13.0 Å². The molecule has 1 aliphatic rings. The van der Waals surface area contributed by atoms with Crippen molar-refractivity contribution >= 4 is 16.7 Å². The van der Waals surface area contributed by atoms with Crippen molar-refractivity contribution in [3.05, 3.63) is 48.0 Å². The molecule has 1 fully saturated rings. The second-order valence-corrected chi connectivity index (χ2v) is 6.11. The summed E-state index contributed by atoms with van der Waals surface area (Å²) in [5.74, 6) is 0.693. The maximum atomic E-state index is 12.1. The highest BCUT2D eigenvalue weighted by Gasteiger charge is 2.43. The van der Waals surface area contributed by atoms with Gasteiger partial charge in [0.2, 0.25) is 5.91 Å². The number of hydrogen-bond acceptors (Lipinski definition) is 2. The zero-order chi connectivity index (χ0) is 14.8. The molecule has 2 aromatic carbocycles. The molecule has 0 radical (unpaired) electrons. The molecular formula is C18H22N2O. The summed E-state index contributed by atoms with van der Waals surface area (Å²) >= 11 is 0. The number of nitrogens with two attached hydrogens (primary N) is 1. The van der Waals surface area contributed by atoms with Gasteiger partial charge in [0.15, 0.2) is 0 Å². The topological polar surface area (TPSA) is 55.1 Å². The first-order valence-corrected chi connectivity index (χ1v) is 7.67. The smallest absolute Gasteiger partial charge is 0.223 e. The van der Waals surface area contributed by atoms with E-state index >= 15 is 0 Å². The maximum Gasteiger partial charge on any atom is 0.223 e. The quantitative estimate of drug-likeness (QED) is 0.886. The number of hydrogen-bond donors (Lipinski definition) is 2. The van der Waals surface area contributed by atoms with Crippen molar-refractivity contribution in [3.8, 4) is 0 Å². The third-order valence-corrected chi connectivity index (χ3v) is 4.23. The fourth-order valence-corrected chi connectivity index (χ4v) is 2.85. The first-order chi connectivity index (χ1) is 10.1. The Bertz CT molecular complexity index is 650. The lowest BCUT2D eigenvalue weighted by Crippen LogP contribution is -2.30. The average molecular weight is 282 g/mol. The van der Waals surface area contributed by atoms with Crippen molar-refractivity contribution in [2.75, 3.05) is 6.54 Å². The molecule has 1 amide bonds. The average Bonchev–Trinajstić information content (AvgIpc) is 3.27. The summed E-state index contributed by atoms with van der Waals surface area (Å²) in [6, 6.07) is 15.0. The van der Waals surface area contributed by atoms with Crippen molar-refractivity contribution in [2.45, 2.75) is 31.7 Å². The van der Waals surface area contributed by atoms with Crippen molar-refractivity contribution in [1.29, 1.82) is 0 Å². The summed E-state index contributed by atoms with van der Waals surface area (Å²) in [7, 11) is 0. The van der Waals surface area contributed by atoms with Crippen molar-refractivity contribution in [1.82, 2.24) is 5.32 Å². The highest BCUT2D eigenvalue weighted by atomic mass is 16.2. The van der Waals surface area contributed by atoms with Gasteiger partial charge in [-0.3, -0.25) is 4.79 Å². The van der Waals surface area contributed by atoms with Crippen LogP contribution in [0.25, 0.3) is 10.8 Å². The van der Waals surface area contributed by atoms with Gasteiger partial charge in [0.25, 0.3) is 0 Å². The third-order valence-electron chi connectivity index (χ3n) is 4.23. The van der Waals surface area contributed by atoms with Gasteiger partial charge in [-0.15, -0.1) is 0 Å². The highest BCUT2D eigenvalue weighted by Crippen LogP contribution is 2.48. The van der Waals surface area contributed by atoms with E-state index in [2.05, 4.69) is 41.7 Å². The number of rotatable bonds is 5. The largest absolute Gasteiger partial charge is 0.356 e. The Kier molecular flexibility index (Phi) is 3.93. The molecule has 1 saturated carbocycles. The Morgan fingerprint density at radius 3 is 2.81 bits per heavy atom. The van der Waals surface area contributed by atoms with Gasteiger partial charge in [0, 0.05) is 18.5 Å². The summed E-state index contributed by atoms with van der Waals surface area (Å²) in [5.41, 5.74) is 6.97. The molecule has 3 heteroatoms. The van der Waals surface area contributed by atoms with Crippen LogP contribution in [0.1, 0.15) is 31.2 Å². The molecule has 0 heterocycles. The van der Waals surface area contributed by atoms with Crippen LogP contribution in [-0.4, -0.2) is 18.5 Å². The molecule has 2 aromatic rings. The van der Waals surface area contributed by atoms with Gasteiger partial charge >= 0.3 is 0 Å². The van der Waals surface area contributed by atoms with Crippen LogP contribution in [0.15, 0.2) is 42.5 Å². The number of benzene rings is 2. The van der Waals surface area contributed by atoms with Crippen molar-refractivity contribution < 1.29 is 4.79 Å². The van der Waals surface area contributed by atoms with Crippen LogP contribution in [0.3, 0.4) is 0 Å². The molecule has 0 bridgehead atoms. The van der Waals surface area contributed by atoms with Crippen LogP contribution in [0.5, 0.6) is 0 Å². The van der Waals surface area contributed by atoms with E-state index in [0.717, 1.165) is 12.8 Å². The lowest BCUT2D eigenvalue weighted by atomic mass is 10.0. The maximum absolute atomic E-state index is 12.1. The van der Waals surface area contributed by atoms with Gasteiger partial charge in [0.1, 0.15) is 0 Å². The van der Waals surface area contributed by atoms with Crippen LogP contribution >= 0.6 is 0 Å². The summed E-state index contributed by atoms with van der Waals surface area (Å²) in [6.07, 6.45) is 1.79. The Hall–Kier alpha value is -1.87. The minimum absolute atomic E-state index is 0.138. The van der Waals surface area contributed by atoms with E-state index in [4.69, 9.17) is 5.73 Å². The Balaban J connectivity index is 1.62. The molecular weight excluding hydrogens is 260 g/mol. The Morgan fingerprint density at radius 1 is 1.29 bits per heavy atom. The minimum atomic E-state index is 0.138. The molecule has 0 aromatic heterocycles. The van der Waals surface area contributed by atoms with Crippen LogP contribution in [0.2, 0.25) is 0 Å². The zero-order valence-corrected chi connectivity index (χ0v) is 12.4. The van der Waals surface area contributed by atoms with E-state index in [-0.39, 0.29) is 17.9 Å². The van der Waals surface area contributed by atoms with Crippen LogP contribution in [-0.2, 0) is 4.79 Å². The first kappa shape index (κ1) is 14.1. The zero-order valence-electron chi connectivity index (χ0n) is 12.4. The minimum Gasteiger partial charge on any atom is -0.356 e. The van der Waals surface area contributed by atoms with Crippen molar-refractivity contribution in [3.63, 3.8) is 0 Å². The lowest BCUT2D eigenvalue weighted by molar-refractivity contribution is -0.122. The second-order valence-electron chi connectivity index (χ2n) is 6.11. The summed E-state index contributed by atoms with van der Waals surface area (Å²) in [5, 5.41) is 5.49. The van der Waals surface area contributed by atoms with Crippen LogP contribution < -0.4 is 11.1 Å². The molecule has 3 atom stereocenters. The molecule has 0 spiro atoms. The van der Waals surface area contributed by atoms with Gasteiger partial charge < -0.3 is 11.1 Å². The summed E-state index contributed by atoms with van der Waals surface area (Å²) in [4.78, 5) is 12.1. The lowest BCUT2D eigenvalue weighted by Gasteiger charge is -2.07. The number of amides is 1. The van der Waals surface area contributed by atoms with Crippen LogP contribution in [0.4, 0.5) is 0 Å². The Labute approximate surface area is 125 Å². The molecule has 0 aliphatic heterocycles. The third kappa shape index (κ3) is 3.24. The molecule has 21 heavy (non-hydrogen) atoms. The summed E-state index contributed by atoms with van der Waals surface area (Å²) in [6.45, 7) is 2.64. The fourth-order valence-electron chi connectivity index (χ4n) is 2.85. The number of carbonyl (C=O) groups excluding carboxylic acids is 1. The van der Waals surface area contributed by atoms with E-state index in [1.54, 1.807) is 0 Å². The van der Waals surface area contributed by atoms with E-state index in [9.17, 15) is 4.79 Å². The van der Waals surface area contributed by atoms with E-state index in [1.165, 1.54) is 16.3 Å². The normalized spacial score (nSPS) is 22.0. The van der Waals surface area contributed by atoms with E-state index in [0.29, 0.717) is 12.5 Å². The SMILES string of the molecule is CC(N)CCNC(=O)C1CC1c1ccc2ccccc2c1. The number of fused-ring (bicyclic) bond motifs is 1. The summed E-state index contributed by atoms with van der Waals surface area (Å²) < 4.78 is 0. The van der Waals surface area contributed by atoms with Gasteiger partial charge in [-0.25, -0.2) is 0 Å². The van der Waals surface area contributed by atoms with Gasteiger partial charge in [-0.2, -0.15) is 0 Å². The Morgan fingerprint density at radius 2 is 2.05 bits per heavy atom. The van der Waals surface area contributed by atoms with Gasteiger partial charge in [-0.05, 0) is 42.0 Å². The fraction of sp³-hybridized carbons (Fsp3) is 0.389. The highest BCUT2D eigenvalue weighted by molar-refractivity contribution is 5.85. The molecule has 3 nitrogen and oxygen atoms in total. The van der Waals surface area contributed by atoms with E-state index < -0.39 is 0 Å². The second kappa shape index (κ2) is 5.86. The number of carbonyl (C=O) groups is 1. The molecule has 110 valence electrons. The van der Waals surface area contributed by atoms with Gasteiger partial charge in [0.05, 0.1) is 0 Å². The molecule has 0 saturated heterocycles. The first-order valence-electron chi connectivity index (χ1n) is 7.67. The monoisotopic (exact) mass is 282 g/mol. The molecule has 3 N–H and O–H groups in total. The van der Waals surface area contributed by atoms with Crippen molar-refractivity contribution in [2.24, 2.45) is 11.7 Å². The predicted octanol–water partition coefficient (Wildman–Crippen LogP) is 2.80. The predicted molar refractivity (Wildman–Crippen MR) is 86.1 cm³/mol. The molecule has 3 rings (SSSR count). The molecule has 1 aliphatic carbocycles. The molecule has 3 unspecified atom stereocenters. The standard InChI is InChI=1S/C18H22N2O/c1-12(19)8-9-20-18(21)17-11-16(17)15-7-6-13-4-2-3-5-14(13)10-15/h2-7,10,12,16-17H,8-9,11,19H2,1H3,(H,20,21).